The number of aryl methyl sites for hydroxylation is 1. The molecule has 1 aromatic carbocycles. The molecule has 0 aliphatic rings. The lowest BCUT2D eigenvalue weighted by Crippen LogP contribution is -2.15. The zero-order valence-electron chi connectivity index (χ0n) is 14.5. The molecule has 0 bridgehead atoms. The van der Waals surface area contributed by atoms with Crippen LogP contribution in [0.5, 0.6) is 0 Å². The smallest absolute Gasteiger partial charge is 0.374 e. The van der Waals surface area contributed by atoms with E-state index in [-0.39, 0.29) is 18.2 Å². The molecule has 0 aliphatic heterocycles. The summed E-state index contributed by atoms with van der Waals surface area (Å²) < 4.78 is 12.7. The number of ether oxygens (including phenoxy) is 1. The maximum atomic E-state index is 12.5. The normalized spacial score (nSPS) is 10.7. The number of halogens is 1. The van der Waals surface area contributed by atoms with Crippen LogP contribution in [0.3, 0.4) is 0 Å². The van der Waals surface area contributed by atoms with E-state index < -0.39 is 5.97 Å². The minimum absolute atomic E-state index is 0.0548. The molecule has 0 amide bonds. The molecule has 2 heterocycles. The zero-order chi connectivity index (χ0) is 18.7. The molecule has 0 fully saturated rings. The van der Waals surface area contributed by atoms with E-state index >= 15 is 0 Å². The van der Waals surface area contributed by atoms with Crippen molar-refractivity contribution < 1.29 is 18.7 Å². The van der Waals surface area contributed by atoms with E-state index in [4.69, 9.17) is 9.15 Å². The van der Waals surface area contributed by atoms with E-state index in [1.807, 2.05) is 50.2 Å². The van der Waals surface area contributed by atoms with Crippen molar-refractivity contribution in [1.82, 2.24) is 4.57 Å². The van der Waals surface area contributed by atoms with Crippen LogP contribution >= 0.6 is 15.9 Å². The van der Waals surface area contributed by atoms with Gasteiger partial charge in [0.25, 0.3) is 0 Å². The number of benzene rings is 1. The molecule has 134 valence electrons. The van der Waals surface area contributed by atoms with E-state index in [1.54, 1.807) is 6.07 Å². The Labute approximate surface area is 159 Å². The predicted molar refractivity (Wildman–Crippen MR) is 100 cm³/mol. The number of Topliss-reactive ketones (excluding diaryl/α,β-unsaturated/α-hetero) is 1. The average Bonchev–Trinajstić information content (AvgIpc) is 3.19. The third kappa shape index (κ3) is 3.96. The van der Waals surface area contributed by atoms with Crippen molar-refractivity contribution in [1.29, 1.82) is 0 Å². The Balaban J connectivity index is 1.70. The van der Waals surface area contributed by atoms with Gasteiger partial charge in [0.2, 0.25) is 11.5 Å². The van der Waals surface area contributed by atoms with Gasteiger partial charge in [0.1, 0.15) is 0 Å². The first-order valence-corrected chi connectivity index (χ1v) is 8.91. The molecule has 0 spiro atoms. The van der Waals surface area contributed by atoms with Gasteiger partial charge < -0.3 is 13.7 Å². The summed E-state index contributed by atoms with van der Waals surface area (Å²) in [5.74, 6) is -0.849. The van der Waals surface area contributed by atoms with Gasteiger partial charge in [-0.1, -0.05) is 30.3 Å². The SMILES string of the molecule is Cc1cc(C(=O)COC(=O)c2ccc(Br)o2)c(C)n1Cc1ccccc1. The van der Waals surface area contributed by atoms with Crippen molar-refractivity contribution in [3.05, 3.63) is 81.5 Å². The number of carbonyl (C=O) groups is 2. The van der Waals surface area contributed by atoms with Crippen LogP contribution in [0, 0.1) is 13.8 Å². The summed E-state index contributed by atoms with van der Waals surface area (Å²) in [5, 5.41) is 0. The summed E-state index contributed by atoms with van der Waals surface area (Å²) >= 11 is 3.12. The number of hydrogen-bond donors (Lipinski definition) is 0. The number of hydrogen-bond acceptors (Lipinski definition) is 4. The molecule has 0 saturated carbocycles. The molecule has 3 aromatic rings. The third-order valence-corrected chi connectivity index (χ3v) is 4.59. The zero-order valence-corrected chi connectivity index (χ0v) is 16.1. The maximum Gasteiger partial charge on any atom is 0.374 e. The molecule has 0 saturated heterocycles. The van der Waals surface area contributed by atoms with Gasteiger partial charge in [-0.05, 0) is 53.5 Å². The molecule has 0 aliphatic carbocycles. The van der Waals surface area contributed by atoms with Crippen molar-refractivity contribution >= 4 is 27.7 Å². The van der Waals surface area contributed by atoms with Crippen LogP contribution in [0.2, 0.25) is 0 Å². The number of furan rings is 1. The Morgan fingerprint density at radius 3 is 2.50 bits per heavy atom. The fraction of sp³-hybridized carbons (Fsp3) is 0.200. The van der Waals surface area contributed by atoms with Gasteiger partial charge in [-0.3, -0.25) is 4.79 Å². The number of rotatable bonds is 6. The Bertz CT molecular complexity index is 940. The van der Waals surface area contributed by atoms with E-state index in [1.165, 1.54) is 6.07 Å². The Kier molecular flexibility index (Phi) is 5.42. The van der Waals surface area contributed by atoms with E-state index in [9.17, 15) is 9.59 Å². The number of aromatic nitrogens is 1. The second kappa shape index (κ2) is 7.74. The third-order valence-electron chi connectivity index (χ3n) is 4.17. The number of ketones is 1. The first-order valence-electron chi connectivity index (χ1n) is 8.12. The van der Waals surface area contributed by atoms with Crippen molar-refractivity contribution in [2.75, 3.05) is 6.61 Å². The monoisotopic (exact) mass is 415 g/mol. The molecule has 6 heteroatoms. The lowest BCUT2D eigenvalue weighted by molar-refractivity contribution is 0.0442. The summed E-state index contributed by atoms with van der Waals surface area (Å²) in [6, 6.07) is 15.0. The summed E-state index contributed by atoms with van der Waals surface area (Å²) in [6.45, 7) is 4.21. The lowest BCUT2D eigenvalue weighted by Gasteiger charge is -2.10. The quantitative estimate of drug-likeness (QED) is 0.437. The summed E-state index contributed by atoms with van der Waals surface area (Å²) in [5.41, 5.74) is 3.55. The number of esters is 1. The van der Waals surface area contributed by atoms with E-state index in [2.05, 4.69) is 20.5 Å². The summed E-state index contributed by atoms with van der Waals surface area (Å²) in [6.07, 6.45) is 0. The van der Waals surface area contributed by atoms with Crippen LogP contribution in [0.1, 0.15) is 37.9 Å². The van der Waals surface area contributed by atoms with Crippen LogP contribution in [0.4, 0.5) is 0 Å². The molecule has 26 heavy (non-hydrogen) atoms. The van der Waals surface area contributed by atoms with Gasteiger partial charge in [0, 0.05) is 23.5 Å². The number of carbonyl (C=O) groups excluding carboxylic acids is 2. The second-order valence-corrected chi connectivity index (χ2v) is 6.74. The fourth-order valence-electron chi connectivity index (χ4n) is 2.80. The second-order valence-electron chi connectivity index (χ2n) is 5.96. The van der Waals surface area contributed by atoms with Gasteiger partial charge in [0.15, 0.2) is 11.3 Å². The highest BCUT2D eigenvalue weighted by molar-refractivity contribution is 9.10. The molecule has 3 rings (SSSR count). The van der Waals surface area contributed by atoms with Crippen LogP contribution in [-0.4, -0.2) is 22.9 Å². The summed E-state index contributed by atoms with van der Waals surface area (Å²) in [4.78, 5) is 24.4. The van der Waals surface area contributed by atoms with Crippen LogP contribution < -0.4 is 0 Å². The van der Waals surface area contributed by atoms with Crippen molar-refractivity contribution in [2.24, 2.45) is 0 Å². The first-order chi connectivity index (χ1) is 12.5. The number of nitrogens with zero attached hydrogens (tertiary/aromatic N) is 1. The van der Waals surface area contributed by atoms with Gasteiger partial charge in [-0.2, -0.15) is 0 Å². The van der Waals surface area contributed by atoms with Crippen molar-refractivity contribution in [2.45, 2.75) is 20.4 Å². The van der Waals surface area contributed by atoms with Gasteiger partial charge >= 0.3 is 5.97 Å². The highest BCUT2D eigenvalue weighted by atomic mass is 79.9. The largest absolute Gasteiger partial charge is 0.451 e. The fourth-order valence-corrected chi connectivity index (χ4v) is 3.10. The topological polar surface area (TPSA) is 61.4 Å². The van der Waals surface area contributed by atoms with Crippen LogP contribution in [0.25, 0.3) is 0 Å². The van der Waals surface area contributed by atoms with Crippen molar-refractivity contribution in [3.8, 4) is 0 Å². The molecule has 0 N–H and O–H groups in total. The highest BCUT2D eigenvalue weighted by Gasteiger charge is 2.19. The van der Waals surface area contributed by atoms with Crippen LogP contribution in [0.15, 0.2) is 57.6 Å². The van der Waals surface area contributed by atoms with Gasteiger partial charge in [-0.15, -0.1) is 0 Å². The predicted octanol–water partition coefficient (Wildman–Crippen LogP) is 4.55. The van der Waals surface area contributed by atoms with Gasteiger partial charge in [-0.25, -0.2) is 4.79 Å². The minimum atomic E-state index is -0.665. The average molecular weight is 416 g/mol. The van der Waals surface area contributed by atoms with E-state index in [0.29, 0.717) is 16.8 Å². The lowest BCUT2D eigenvalue weighted by atomic mass is 10.1. The highest BCUT2D eigenvalue weighted by Crippen LogP contribution is 2.19. The molecule has 0 radical (unpaired) electrons. The minimum Gasteiger partial charge on any atom is -0.451 e. The Hall–Kier alpha value is -2.60. The first kappa shape index (κ1) is 18.2. The van der Waals surface area contributed by atoms with E-state index in [0.717, 1.165) is 17.0 Å². The van der Waals surface area contributed by atoms with Gasteiger partial charge in [0.05, 0.1) is 0 Å². The maximum absolute atomic E-state index is 12.5. The Morgan fingerprint density at radius 1 is 1.12 bits per heavy atom. The summed E-state index contributed by atoms with van der Waals surface area (Å²) in [7, 11) is 0. The van der Waals surface area contributed by atoms with Crippen LogP contribution in [-0.2, 0) is 11.3 Å². The molecular formula is C20H18BrNO4. The molecule has 0 atom stereocenters. The standard InChI is InChI=1S/C20H18BrNO4/c1-13-10-16(14(2)22(13)11-15-6-4-3-5-7-15)17(23)12-25-20(24)18-8-9-19(21)26-18/h3-10H,11-12H2,1-2H3. The molecule has 0 unspecified atom stereocenters. The van der Waals surface area contributed by atoms with Crippen molar-refractivity contribution in [3.63, 3.8) is 0 Å². The Morgan fingerprint density at radius 2 is 1.85 bits per heavy atom. The molecular weight excluding hydrogens is 398 g/mol. The molecule has 2 aromatic heterocycles. The molecule has 5 nitrogen and oxygen atoms in total.